The van der Waals surface area contributed by atoms with E-state index in [0.717, 1.165) is 16.0 Å². The average molecular weight is 584 g/mol. The molecule has 1 N–H and O–H groups in total. The largest absolute Gasteiger partial charge is 0.459 e. The first-order valence-electron chi connectivity index (χ1n) is 14.0. The molecule has 0 aliphatic rings. The molecule has 224 valence electrons. The van der Waals surface area contributed by atoms with Gasteiger partial charge in [0.15, 0.2) is 11.9 Å². The summed E-state index contributed by atoms with van der Waals surface area (Å²) in [4.78, 5) is 44.9. The molecule has 4 aromatic rings. The molecule has 3 aromatic carbocycles. The minimum Gasteiger partial charge on any atom is -0.459 e. The van der Waals surface area contributed by atoms with Gasteiger partial charge in [0.1, 0.15) is 17.8 Å². The number of rotatable bonds is 7. The van der Waals surface area contributed by atoms with Crippen LogP contribution in [0.5, 0.6) is 0 Å². The fourth-order valence-corrected chi connectivity index (χ4v) is 4.20. The second-order valence-electron chi connectivity index (χ2n) is 11.9. The lowest BCUT2D eigenvalue weighted by atomic mass is 10.1. The number of esters is 1. The highest BCUT2D eigenvalue weighted by Crippen LogP contribution is 2.31. The second-order valence-corrected chi connectivity index (χ2v) is 11.9. The van der Waals surface area contributed by atoms with E-state index in [1.807, 2.05) is 66.7 Å². The molecule has 1 unspecified atom stereocenters. The van der Waals surface area contributed by atoms with Gasteiger partial charge >= 0.3 is 18.2 Å². The topological polar surface area (TPSA) is 107 Å². The van der Waals surface area contributed by atoms with Gasteiger partial charge in [-0.3, -0.25) is 0 Å². The Labute approximate surface area is 251 Å². The van der Waals surface area contributed by atoms with Crippen LogP contribution in [0.2, 0.25) is 0 Å². The van der Waals surface area contributed by atoms with Crippen LogP contribution in [0.3, 0.4) is 0 Å². The fourth-order valence-electron chi connectivity index (χ4n) is 4.20. The quantitative estimate of drug-likeness (QED) is 0.173. The van der Waals surface area contributed by atoms with Crippen LogP contribution in [0.4, 0.5) is 21.1 Å². The van der Waals surface area contributed by atoms with Crippen molar-refractivity contribution >= 4 is 40.4 Å². The monoisotopic (exact) mass is 583 g/mol. The van der Waals surface area contributed by atoms with Crippen LogP contribution in [0.15, 0.2) is 91.1 Å². The lowest BCUT2D eigenvalue weighted by Crippen LogP contribution is -2.44. The van der Waals surface area contributed by atoms with Crippen LogP contribution in [0.25, 0.3) is 10.8 Å². The number of imide groups is 1. The third-order valence-electron chi connectivity index (χ3n) is 6.01. The van der Waals surface area contributed by atoms with Gasteiger partial charge in [-0.25, -0.2) is 19.4 Å². The van der Waals surface area contributed by atoms with Crippen molar-refractivity contribution in [3.63, 3.8) is 0 Å². The van der Waals surface area contributed by atoms with E-state index in [2.05, 4.69) is 10.3 Å². The molecule has 9 nitrogen and oxygen atoms in total. The van der Waals surface area contributed by atoms with Gasteiger partial charge in [-0.15, -0.1) is 0 Å². The van der Waals surface area contributed by atoms with Crippen molar-refractivity contribution in [3.8, 4) is 0 Å². The lowest BCUT2D eigenvalue weighted by Gasteiger charge is -2.28. The first-order valence-corrected chi connectivity index (χ1v) is 14.0. The van der Waals surface area contributed by atoms with Crippen molar-refractivity contribution in [2.24, 2.45) is 0 Å². The third-order valence-corrected chi connectivity index (χ3v) is 6.01. The highest BCUT2D eigenvalue weighted by Gasteiger charge is 2.34. The predicted octanol–water partition coefficient (Wildman–Crippen LogP) is 7.81. The predicted molar refractivity (Wildman–Crippen MR) is 166 cm³/mol. The molecular weight excluding hydrogens is 546 g/mol. The SMILES string of the molecule is CC(C)(C)OC(=O)N(C(=O)OC(C)(C)C)c1nccc2cc(NC(C(=O)OCc3ccccc3)c3ccccc3)ccc12. The standard InChI is InChI=1S/C34H37N3O6/c1-33(2,3)42-31(39)37(32(40)43-34(4,5)6)29-27-18-17-26(21-25(27)19-20-35-29)36-28(24-15-11-8-12-16-24)30(38)41-22-23-13-9-7-10-14-23/h7-21,28,36H,22H2,1-6H3. The number of aromatic nitrogens is 1. The minimum absolute atomic E-state index is 0.0643. The van der Waals surface area contributed by atoms with E-state index in [1.165, 1.54) is 6.20 Å². The Hall–Kier alpha value is -4.92. The average Bonchev–Trinajstić information content (AvgIpc) is 2.94. The van der Waals surface area contributed by atoms with Crippen LogP contribution in [-0.2, 0) is 25.6 Å². The van der Waals surface area contributed by atoms with Crippen LogP contribution in [0.1, 0.15) is 58.7 Å². The van der Waals surface area contributed by atoms with Crippen LogP contribution >= 0.6 is 0 Å². The molecule has 43 heavy (non-hydrogen) atoms. The van der Waals surface area contributed by atoms with E-state index >= 15 is 0 Å². The zero-order valence-corrected chi connectivity index (χ0v) is 25.3. The third kappa shape index (κ3) is 8.54. The van der Waals surface area contributed by atoms with Gasteiger partial charge in [-0.1, -0.05) is 60.7 Å². The number of hydrogen-bond donors (Lipinski definition) is 1. The number of carbonyl (C=O) groups excluding carboxylic acids is 3. The molecule has 1 atom stereocenters. The van der Waals surface area contributed by atoms with Gasteiger partial charge in [0.05, 0.1) is 0 Å². The summed E-state index contributed by atoms with van der Waals surface area (Å²) in [6, 6.07) is 25.0. The minimum atomic E-state index is -0.908. The maximum absolute atomic E-state index is 13.3. The summed E-state index contributed by atoms with van der Waals surface area (Å²) in [6.07, 6.45) is -0.324. The lowest BCUT2D eigenvalue weighted by molar-refractivity contribution is -0.146. The van der Waals surface area contributed by atoms with Crippen LogP contribution in [-0.4, -0.2) is 34.3 Å². The normalized spacial score (nSPS) is 12.2. The molecule has 4 rings (SSSR count). The van der Waals surface area contributed by atoms with Gasteiger partial charge in [0, 0.05) is 17.3 Å². The Morgan fingerprint density at radius 3 is 1.95 bits per heavy atom. The van der Waals surface area contributed by atoms with E-state index in [1.54, 1.807) is 59.7 Å². The van der Waals surface area contributed by atoms with E-state index in [4.69, 9.17) is 14.2 Å². The number of nitrogens with zero attached hydrogens (tertiary/aromatic N) is 2. The summed E-state index contributed by atoms with van der Waals surface area (Å²) < 4.78 is 16.7. The van der Waals surface area contributed by atoms with Crippen LogP contribution < -0.4 is 10.2 Å². The van der Waals surface area contributed by atoms with Gasteiger partial charge in [-0.05, 0) is 82.3 Å². The highest BCUT2D eigenvalue weighted by molar-refractivity contribution is 6.14. The molecule has 0 spiro atoms. The first-order chi connectivity index (χ1) is 20.3. The maximum Gasteiger partial charge on any atom is 0.425 e. The van der Waals surface area contributed by atoms with Crippen molar-refractivity contribution in [2.75, 3.05) is 10.2 Å². The number of fused-ring (bicyclic) bond motifs is 1. The van der Waals surface area contributed by atoms with E-state index in [-0.39, 0.29) is 12.4 Å². The maximum atomic E-state index is 13.3. The zero-order chi connectivity index (χ0) is 31.2. The number of hydrogen-bond acceptors (Lipinski definition) is 8. The Kier molecular flexibility index (Phi) is 9.34. The van der Waals surface area contributed by atoms with Crippen molar-refractivity contribution in [1.82, 2.24) is 4.98 Å². The smallest absolute Gasteiger partial charge is 0.425 e. The summed E-state index contributed by atoms with van der Waals surface area (Å²) in [5.74, 6) is -0.374. The molecule has 2 amide bonds. The first kappa shape index (κ1) is 31.0. The molecule has 0 aliphatic heterocycles. The molecule has 9 heteroatoms. The van der Waals surface area contributed by atoms with Crippen molar-refractivity contribution in [2.45, 2.75) is 65.4 Å². The molecule has 1 aromatic heterocycles. The van der Waals surface area contributed by atoms with Crippen molar-refractivity contribution < 1.29 is 28.6 Å². The zero-order valence-electron chi connectivity index (χ0n) is 25.3. The Morgan fingerprint density at radius 2 is 1.37 bits per heavy atom. The van der Waals surface area contributed by atoms with Crippen molar-refractivity contribution in [1.29, 1.82) is 0 Å². The summed E-state index contributed by atoms with van der Waals surface area (Å²) >= 11 is 0. The number of benzene rings is 3. The van der Waals surface area contributed by atoms with Crippen molar-refractivity contribution in [3.05, 3.63) is 102 Å². The molecule has 0 fully saturated rings. The Bertz CT molecular complexity index is 1550. The molecule has 0 saturated carbocycles. The molecule has 0 bridgehead atoms. The van der Waals surface area contributed by atoms with Crippen LogP contribution in [0, 0.1) is 0 Å². The second kappa shape index (κ2) is 12.9. The number of carbonyl (C=O) groups is 3. The molecule has 0 aliphatic carbocycles. The van der Waals surface area contributed by atoms with E-state index in [9.17, 15) is 14.4 Å². The Morgan fingerprint density at radius 1 is 0.791 bits per heavy atom. The van der Waals surface area contributed by atoms with Gasteiger partial charge in [0.25, 0.3) is 0 Å². The number of anilines is 2. The summed E-state index contributed by atoms with van der Waals surface area (Å²) in [6.45, 7) is 10.4. The fraction of sp³-hybridized carbons (Fsp3) is 0.294. The molecule has 0 radical (unpaired) electrons. The summed E-state index contributed by atoms with van der Waals surface area (Å²) in [5, 5.41) is 4.46. The number of ether oxygens (including phenoxy) is 3. The molecular formula is C34H37N3O6. The number of amides is 2. The molecule has 0 saturated heterocycles. The number of nitrogens with one attached hydrogen (secondary N) is 1. The van der Waals surface area contributed by atoms with Gasteiger partial charge in [-0.2, -0.15) is 4.90 Å². The van der Waals surface area contributed by atoms with E-state index in [0.29, 0.717) is 16.5 Å². The Balaban J connectivity index is 1.66. The van der Waals surface area contributed by atoms with Gasteiger partial charge < -0.3 is 19.5 Å². The summed E-state index contributed by atoms with van der Waals surface area (Å²) in [5.41, 5.74) is 0.516. The van der Waals surface area contributed by atoms with E-state index < -0.39 is 35.4 Å². The highest BCUT2D eigenvalue weighted by atomic mass is 16.6. The molecule has 1 heterocycles. The summed E-state index contributed by atoms with van der Waals surface area (Å²) in [7, 11) is 0. The number of pyridine rings is 1. The van der Waals surface area contributed by atoms with Gasteiger partial charge in [0.2, 0.25) is 0 Å².